The number of amides is 1. The van der Waals surface area contributed by atoms with Crippen LogP contribution in [0.1, 0.15) is 27.3 Å². The third kappa shape index (κ3) is 3.09. The number of hydrogen-bond donors (Lipinski definition) is 2. The summed E-state index contributed by atoms with van der Waals surface area (Å²) in [5.41, 5.74) is 7.63. The Morgan fingerprint density at radius 2 is 2.05 bits per heavy atom. The highest BCUT2D eigenvalue weighted by atomic mass is 19.1. The molecule has 5 nitrogen and oxygen atoms in total. The Balaban J connectivity index is 2.11. The fraction of sp³-hybridized carbons (Fsp3) is 0.214. The van der Waals surface area contributed by atoms with Gasteiger partial charge in [0.1, 0.15) is 5.82 Å². The second kappa shape index (κ2) is 5.64. The van der Waals surface area contributed by atoms with E-state index in [-0.39, 0.29) is 12.1 Å². The van der Waals surface area contributed by atoms with Crippen molar-refractivity contribution in [1.29, 1.82) is 0 Å². The van der Waals surface area contributed by atoms with E-state index in [9.17, 15) is 9.18 Å². The standard InChI is InChI=1S/C14H15FN4O/c1-8-3-10(16)4-12(13(8)15)14(20)19-7-11-6-17-9(2)5-18-11/h3-6H,7,16H2,1-2H3,(H,19,20). The summed E-state index contributed by atoms with van der Waals surface area (Å²) in [6, 6.07) is 2.80. The number of benzene rings is 1. The van der Waals surface area contributed by atoms with Crippen molar-refractivity contribution in [1.82, 2.24) is 15.3 Å². The maximum atomic E-state index is 13.9. The summed E-state index contributed by atoms with van der Waals surface area (Å²) in [5.74, 6) is -1.09. The summed E-state index contributed by atoms with van der Waals surface area (Å²) in [5, 5.41) is 2.59. The fourth-order valence-electron chi connectivity index (χ4n) is 1.74. The summed E-state index contributed by atoms with van der Waals surface area (Å²) in [7, 11) is 0. The number of nitrogens with two attached hydrogens (primary N) is 1. The Kier molecular flexibility index (Phi) is 3.93. The summed E-state index contributed by atoms with van der Waals surface area (Å²) < 4.78 is 13.9. The lowest BCUT2D eigenvalue weighted by Gasteiger charge is -2.08. The topological polar surface area (TPSA) is 80.9 Å². The van der Waals surface area contributed by atoms with Crippen LogP contribution in [0, 0.1) is 19.7 Å². The Morgan fingerprint density at radius 3 is 2.70 bits per heavy atom. The van der Waals surface area contributed by atoms with Crippen LogP contribution in [0.4, 0.5) is 10.1 Å². The zero-order valence-electron chi connectivity index (χ0n) is 11.3. The monoisotopic (exact) mass is 274 g/mol. The normalized spacial score (nSPS) is 10.3. The molecule has 1 aromatic heterocycles. The van der Waals surface area contributed by atoms with Crippen LogP contribution in [0.25, 0.3) is 0 Å². The SMILES string of the molecule is Cc1cnc(CNC(=O)c2cc(N)cc(C)c2F)cn1. The highest BCUT2D eigenvalue weighted by Crippen LogP contribution is 2.17. The molecule has 0 fully saturated rings. The molecule has 0 aliphatic heterocycles. The predicted octanol–water partition coefficient (Wildman–Crippen LogP) is 1.74. The number of anilines is 1. The van der Waals surface area contributed by atoms with E-state index in [0.717, 1.165) is 5.69 Å². The Bertz CT molecular complexity index is 640. The van der Waals surface area contributed by atoms with Gasteiger partial charge in [-0.25, -0.2) is 4.39 Å². The third-order valence-electron chi connectivity index (χ3n) is 2.79. The van der Waals surface area contributed by atoms with Crippen LogP contribution >= 0.6 is 0 Å². The molecule has 0 atom stereocenters. The smallest absolute Gasteiger partial charge is 0.254 e. The largest absolute Gasteiger partial charge is 0.399 e. The molecule has 0 spiro atoms. The molecule has 104 valence electrons. The van der Waals surface area contributed by atoms with Gasteiger partial charge in [0.05, 0.1) is 29.7 Å². The first kappa shape index (κ1) is 13.9. The Morgan fingerprint density at radius 1 is 1.30 bits per heavy atom. The van der Waals surface area contributed by atoms with Crippen molar-refractivity contribution in [2.75, 3.05) is 5.73 Å². The van der Waals surface area contributed by atoms with Crippen LogP contribution in [0.15, 0.2) is 24.5 Å². The minimum Gasteiger partial charge on any atom is -0.399 e. The van der Waals surface area contributed by atoms with Crippen molar-refractivity contribution in [3.05, 3.63) is 52.9 Å². The fourth-order valence-corrected chi connectivity index (χ4v) is 1.74. The lowest BCUT2D eigenvalue weighted by atomic mass is 10.1. The molecule has 0 unspecified atom stereocenters. The van der Waals surface area contributed by atoms with E-state index in [4.69, 9.17) is 5.73 Å². The first-order chi connectivity index (χ1) is 9.47. The molecule has 1 heterocycles. The van der Waals surface area contributed by atoms with Crippen LogP contribution < -0.4 is 11.1 Å². The van der Waals surface area contributed by atoms with Gasteiger partial charge in [0, 0.05) is 11.9 Å². The van der Waals surface area contributed by atoms with E-state index in [1.165, 1.54) is 12.1 Å². The molecular weight excluding hydrogens is 259 g/mol. The van der Waals surface area contributed by atoms with Gasteiger partial charge >= 0.3 is 0 Å². The lowest BCUT2D eigenvalue weighted by Crippen LogP contribution is -2.25. The minimum absolute atomic E-state index is 0.0671. The van der Waals surface area contributed by atoms with E-state index < -0.39 is 11.7 Å². The van der Waals surface area contributed by atoms with Gasteiger partial charge in [-0.1, -0.05) is 0 Å². The number of halogens is 1. The molecule has 3 N–H and O–H groups in total. The summed E-state index contributed by atoms with van der Waals surface area (Å²) in [6.45, 7) is 3.56. The molecule has 0 radical (unpaired) electrons. The first-order valence-corrected chi connectivity index (χ1v) is 6.08. The number of nitrogen functional groups attached to an aromatic ring is 1. The third-order valence-corrected chi connectivity index (χ3v) is 2.79. The first-order valence-electron chi connectivity index (χ1n) is 6.08. The van der Waals surface area contributed by atoms with Gasteiger partial charge in [-0.15, -0.1) is 0 Å². The molecule has 1 aromatic carbocycles. The molecule has 0 aliphatic rings. The molecule has 2 rings (SSSR count). The molecule has 6 heteroatoms. The number of carbonyl (C=O) groups excluding carboxylic acids is 1. The van der Waals surface area contributed by atoms with Gasteiger partial charge in [0.2, 0.25) is 0 Å². The van der Waals surface area contributed by atoms with Crippen LogP contribution in [0.5, 0.6) is 0 Å². The van der Waals surface area contributed by atoms with Gasteiger partial charge in [-0.3, -0.25) is 14.8 Å². The molecule has 0 saturated heterocycles. The van der Waals surface area contributed by atoms with Crippen molar-refractivity contribution in [3.63, 3.8) is 0 Å². The molecule has 0 bridgehead atoms. The second-order valence-electron chi connectivity index (χ2n) is 4.53. The minimum atomic E-state index is -0.563. The van der Waals surface area contributed by atoms with E-state index in [2.05, 4.69) is 15.3 Å². The number of aromatic nitrogens is 2. The Hall–Kier alpha value is -2.50. The van der Waals surface area contributed by atoms with Crippen molar-refractivity contribution >= 4 is 11.6 Å². The maximum Gasteiger partial charge on any atom is 0.254 e. The number of nitrogens with one attached hydrogen (secondary N) is 1. The van der Waals surface area contributed by atoms with Gasteiger partial charge in [0.15, 0.2) is 0 Å². The molecule has 0 saturated carbocycles. The van der Waals surface area contributed by atoms with E-state index in [1.807, 2.05) is 6.92 Å². The van der Waals surface area contributed by atoms with Crippen LogP contribution in [-0.4, -0.2) is 15.9 Å². The van der Waals surface area contributed by atoms with Crippen molar-refractivity contribution < 1.29 is 9.18 Å². The molecule has 0 aliphatic carbocycles. The van der Waals surface area contributed by atoms with Crippen LogP contribution in [0.3, 0.4) is 0 Å². The second-order valence-corrected chi connectivity index (χ2v) is 4.53. The highest BCUT2D eigenvalue weighted by molar-refractivity contribution is 5.95. The number of rotatable bonds is 3. The summed E-state index contributed by atoms with van der Waals surface area (Å²) in [6.07, 6.45) is 3.17. The summed E-state index contributed by atoms with van der Waals surface area (Å²) >= 11 is 0. The van der Waals surface area contributed by atoms with Crippen LogP contribution in [0.2, 0.25) is 0 Å². The van der Waals surface area contributed by atoms with Gasteiger partial charge in [-0.2, -0.15) is 0 Å². The van der Waals surface area contributed by atoms with E-state index >= 15 is 0 Å². The Labute approximate surface area is 116 Å². The van der Waals surface area contributed by atoms with E-state index in [1.54, 1.807) is 19.3 Å². The van der Waals surface area contributed by atoms with E-state index in [0.29, 0.717) is 16.9 Å². The average Bonchev–Trinajstić information content (AvgIpc) is 2.42. The zero-order valence-corrected chi connectivity index (χ0v) is 11.3. The van der Waals surface area contributed by atoms with Gasteiger partial charge in [-0.05, 0) is 31.5 Å². The lowest BCUT2D eigenvalue weighted by molar-refractivity contribution is 0.0946. The average molecular weight is 274 g/mol. The molecular formula is C14H15FN4O. The summed E-state index contributed by atoms with van der Waals surface area (Å²) in [4.78, 5) is 20.1. The zero-order chi connectivity index (χ0) is 14.7. The van der Waals surface area contributed by atoms with Gasteiger partial charge in [0.25, 0.3) is 5.91 Å². The van der Waals surface area contributed by atoms with Gasteiger partial charge < -0.3 is 11.1 Å². The molecule has 1 amide bonds. The number of carbonyl (C=O) groups is 1. The number of hydrogen-bond acceptors (Lipinski definition) is 4. The molecule has 2 aromatic rings. The van der Waals surface area contributed by atoms with Crippen LogP contribution in [-0.2, 0) is 6.54 Å². The van der Waals surface area contributed by atoms with Crippen molar-refractivity contribution in [3.8, 4) is 0 Å². The maximum absolute atomic E-state index is 13.9. The number of aryl methyl sites for hydroxylation is 2. The quantitative estimate of drug-likeness (QED) is 0.835. The molecule has 20 heavy (non-hydrogen) atoms. The highest BCUT2D eigenvalue weighted by Gasteiger charge is 2.14. The number of nitrogens with zero attached hydrogens (tertiary/aromatic N) is 2. The van der Waals surface area contributed by atoms with Crippen molar-refractivity contribution in [2.24, 2.45) is 0 Å². The predicted molar refractivity (Wildman–Crippen MR) is 73.5 cm³/mol. The van der Waals surface area contributed by atoms with Crippen molar-refractivity contribution in [2.45, 2.75) is 20.4 Å².